The normalized spacial score (nSPS) is 38.8. The second-order valence-corrected chi connectivity index (χ2v) is 8.22. The Morgan fingerprint density at radius 2 is 1.97 bits per heavy atom. The van der Waals surface area contributed by atoms with Gasteiger partial charge >= 0.3 is 0 Å². The van der Waals surface area contributed by atoms with Crippen molar-refractivity contribution in [1.29, 1.82) is 0 Å². The first-order valence-corrected chi connectivity index (χ1v) is 10.5. The lowest BCUT2D eigenvalue weighted by atomic mass is 9.81. The molecule has 0 amide bonds. The van der Waals surface area contributed by atoms with E-state index in [0.717, 1.165) is 17.5 Å². The summed E-state index contributed by atoms with van der Waals surface area (Å²) in [5, 5.41) is 21.3. The lowest BCUT2D eigenvalue weighted by molar-refractivity contribution is -0.364. The Hall–Kier alpha value is -1.95. The van der Waals surface area contributed by atoms with Crippen molar-refractivity contribution < 1.29 is 48.2 Å². The van der Waals surface area contributed by atoms with Gasteiger partial charge in [0.15, 0.2) is 24.1 Å². The molecule has 8 atom stereocenters. The number of benzene rings is 1. The van der Waals surface area contributed by atoms with E-state index in [-0.39, 0.29) is 25.9 Å². The van der Waals surface area contributed by atoms with Gasteiger partial charge in [-0.2, -0.15) is 0 Å². The minimum atomic E-state index is -1.32. The molecule has 10 heteroatoms. The molecule has 31 heavy (non-hydrogen) atoms. The van der Waals surface area contributed by atoms with E-state index in [1.165, 1.54) is 0 Å². The van der Waals surface area contributed by atoms with E-state index in [0.29, 0.717) is 24.4 Å². The summed E-state index contributed by atoms with van der Waals surface area (Å²) in [4.78, 5) is 10.8. The van der Waals surface area contributed by atoms with Crippen LogP contribution in [0.2, 0.25) is 0 Å². The Bertz CT molecular complexity index is 814. The zero-order valence-corrected chi connectivity index (χ0v) is 17.0. The second kappa shape index (κ2) is 8.53. The van der Waals surface area contributed by atoms with Crippen molar-refractivity contribution >= 4 is 6.47 Å². The Morgan fingerprint density at radius 3 is 2.77 bits per heavy atom. The van der Waals surface area contributed by atoms with Crippen LogP contribution in [0, 0.1) is 5.92 Å². The van der Waals surface area contributed by atoms with E-state index in [9.17, 15) is 15.0 Å². The third-order valence-electron chi connectivity index (χ3n) is 6.30. The van der Waals surface area contributed by atoms with Crippen LogP contribution in [0.1, 0.15) is 30.6 Å². The second-order valence-electron chi connectivity index (χ2n) is 8.22. The molecule has 2 fully saturated rings. The number of rotatable bonds is 5. The van der Waals surface area contributed by atoms with E-state index in [1.54, 1.807) is 6.92 Å². The van der Waals surface area contributed by atoms with Crippen molar-refractivity contribution in [3.63, 3.8) is 0 Å². The number of carbonyl (C=O) groups is 1. The van der Waals surface area contributed by atoms with Crippen LogP contribution < -0.4 is 9.47 Å². The van der Waals surface area contributed by atoms with Crippen molar-refractivity contribution in [2.24, 2.45) is 5.92 Å². The highest BCUT2D eigenvalue weighted by atomic mass is 16.8. The van der Waals surface area contributed by atoms with Gasteiger partial charge in [-0.1, -0.05) is 0 Å². The third kappa shape index (κ3) is 3.88. The van der Waals surface area contributed by atoms with Gasteiger partial charge in [-0.15, -0.1) is 0 Å². The average Bonchev–Trinajstić information content (AvgIpc) is 3.23. The maximum atomic E-state index is 10.8. The summed E-state index contributed by atoms with van der Waals surface area (Å²) >= 11 is 0. The van der Waals surface area contributed by atoms with E-state index in [2.05, 4.69) is 0 Å². The molecule has 0 saturated carbocycles. The number of hydrogen-bond acceptors (Lipinski definition) is 10. The average molecular weight is 438 g/mol. The molecular weight excluding hydrogens is 412 g/mol. The number of fused-ring (bicyclic) bond motifs is 3. The van der Waals surface area contributed by atoms with E-state index in [1.807, 2.05) is 12.1 Å². The Labute approximate surface area is 178 Å². The summed E-state index contributed by atoms with van der Waals surface area (Å²) in [6.45, 7) is 2.65. The summed E-state index contributed by atoms with van der Waals surface area (Å²) in [6.07, 6.45) is -4.51. The lowest BCUT2D eigenvalue weighted by Crippen LogP contribution is -2.63. The zero-order valence-electron chi connectivity index (χ0n) is 17.0. The van der Waals surface area contributed by atoms with Crippen LogP contribution in [-0.2, 0) is 34.9 Å². The first kappa shape index (κ1) is 20.9. The zero-order chi connectivity index (χ0) is 21.5. The fourth-order valence-corrected chi connectivity index (χ4v) is 4.70. The summed E-state index contributed by atoms with van der Waals surface area (Å²) in [5.74, 6) is 1.12. The molecule has 0 aromatic heterocycles. The number of aryl methyl sites for hydroxylation is 1. The summed E-state index contributed by atoms with van der Waals surface area (Å²) in [6, 6.07) is 3.79. The molecule has 1 aromatic rings. The maximum Gasteiger partial charge on any atom is 0.293 e. The molecule has 1 aromatic carbocycles. The largest absolute Gasteiger partial charge is 0.467 e. The molecule has 0 radical (unpaired) electrons. The lowest BCUT2D eigenvalue weighted by Gasteiger charge is -2.47. The smallest absolute Gasteiger partial charge is 0.293 e. The van der Waals surface area contributed by atoms with Gasteiger partial charge in [0.05, 0.1) is 19.3 Å². The van der Waals surface area contributed by atoms with Crippen LogP contribution in [0.25, 0.3) is 0 Å². The number of hydrogen-bond donors (Lipinski definition) is 2. The van der Waals surface area contributed by atoms with Gasteiger partial charge in [-0.05, 0) is 43.0 Å². The standard InChI is InChI=1S/C21H26O10/c1-10-26-7-16-20(29-10)17(23)18(24)21(30-16)31-19-12(6-25-8-22)3-2-11-4-14-15(5-13(11)19)28-9-27-14/h4-5,8,10,12,16-21,23-24H,2-3,6-7,9H2,1H3. The maximum absolute atomic E-state index is 10.8. The number of aliphatic hydroxyl groups is 2. The minimum Gasteiger partial charge on any atom is -0.467 e. The van der Waals surface area contributed by atoms with Crippen LogP contribution in [0.5, 0.6) is 11.5 Å². The number of ether oxygens (including phenoxy) is 7. The highest BCUT2D eigenvalue weighted by Crippen LogP contribution is 2.45. The predicted octanol–water partition coefficient (Wildman–Crippen LogP) is 0.416. The van der Waals surface area contributed by atoms with Crippen LogP contribution >= 0.6 is 0 Å². The molecule has 1 aliphatic carbocycles. The fourth-order valence-electron chi connectivity index (χ4n) is 4.70. The monoisotopic (exact) mass is 438 g/mol. The van der Waals surface area contributed by atoms with E-state index >= 15 is 0 Å². The third-order valence-corrected chi connectivity index (χ3v) is 6.30. The Kier molecular flexibility index (Phi) is 5.76. The van der Waals surface area contributed by atoms with Gasteiger partial charge in [-0.25, -0.2) is 0 Å². The summed E-state index contributed by atoms with van der Waals surface area (Å²) < 4.78 is 39.3. The predicted molar refractivity (Wildman–Crippen MR) is 101 cm³/mol. The van der Waals surface area contributed by atoms with Gasteiger partial charge < -0.3 is 43.4 Å². The molecule has 3 heterocycles. The highest BCUT2D eigenvalue weighted by molar-refractivity contribution is 5.50. The van der Waals surface area contributed by atoms with Crippen molar-refractivity contribution in [2.45, 2.75) is 62.9 Å². The van der Waals surface area contributed by atoms with E-state index < -0.39 is 43.1 Å². The topological polar surface area (TPSA) is 122 Å². The number of aliphatic hydroxyl groups excluding tert-OH is 2. The molecule has 0 spiro atoms. The Balaban J connectivity index is 1.41. The van der Waals surface area contributed by atoms with Gasteiger partial charge in [0.2, 0.25) is 6.79 Å². The van der Waals surface area contributed by atoms with Crippen molar-refractivity contribution in [1.82, 2.24) is 0 Å². The van der Waals surface area contributed by atoms with Gasteiger partial charge in [0.25, 0.3) is 6.47 Å². The summed E-state index contributed by atoms with van der Waals surface area (Å²) in [7, 11) is 0. The minimum absolute atomic E-state index is 0.152. The quantitative estimate of drug-likeness (QED) is 0.625. The molecule has 0 bridgehead atoms. The number of carbonyl (C=O) groups excluding carboxylic acids is 1. The highest BCUT2D eigenvalue weighted by Gasteiger charge is 2.50. The van der Waals surface area contributed by atoms with Gasteiger partial charge in [0, 0.05) is 5.92 Å². The SMILES string of the molecule is CC1OCC2OC(OC3c4cc5c(cc4CCC3COC=O)OCO5)C(O)C(O)C2O1. The summed E-state index contributed by atoms with van der Waals surface area (Å²) in [5.41, 5.74) is 1.88. The van der Waals surface area contributed by atoms with E-state index in [4.69, 9.17) is 33.2 Å². The molecule has 8 unspecified atom stereocenters. The molecule has 10 nitrogen and oxygen atoms in total. The van der Waals surface area contributed by atoms with Crippen molar-refractivity contribution in [3.8, 4) is 11.5 Å². The van der Waals surface area contributed by atoms with Gasteiger partial charge in [-0.3, -0.25) is 4.79 Å². The molecule has 2 N–H and O–H groups in total. The van der Waals surface area contributed by atoms with Crippen molar-refractivity contribution in [2.75, 3.05) is 20.0 Å². The van der Waals surface area contributed by atoms with Crippen LogP contribution in [0.4, 0.5) is 0 Å². The molecule has 4 aliphatic rings. The first-order valence-electron chi connectivity index (χ1n) is 10.5. The molecule has 2 saturated heterocycles. The first-order chi connectivity index (χ1) is 15.0. The van der Waals surface area contributed by atoms with Gasteiger partial charge in [0.1, 0.15) is 24.4 Å². The molecule has 3 aliphatic heterocycles. The van der Waals surface area contributed by atoms with Crippen LogP contribution in [0.15, 0.2) is 12.1 Å². The molecular formula is C21H26O10. The molecule has 170 valence electrons. The van der Waals surface area contributed by atoms with Crippen molar-refractivity contribution in [3.05, 3.63) is 23.3 Å². The Morgan fingerprint density at radius 1 is 1.16 bits per heavy atom. The molecule has 5 rings (SSSR count). The van der Waals surface area contributed by atoms with Crippen LogP contribution in [-0.4, -0.2) is 73.7 Å². The van der Waals surface area contributed by atoms with Crippen LogP contribution in [0.3, 0.4) is 0 Å². The fraction of sp³-hybridized carbons (Fsp3) is 0.667.